The van der Waals surface area contributed by atoms with Gasteiger partial charge in [0.05, 0.1) is 0 Å². The van der Waals surface area contributed by atoms with Crippen LogP contribution in [0.3, 0.4) is 0 Å². The molecule has 1 rings (SSSR count). The maximum atomic E-state index is 3.66. The van der Waals surface area contributed by atoms with Crippen molar-refractivity contribution in [1.29, 1.82) is 0 Å². The fourth-order valence-corrected chi connectivity index (χ4v) is 2.64. The first-order valence-corrected chi connectivity index (χ1v) is 8.01. The minimum atomic E-state index is 0.683. The highest BCUT2D eigenvalue weighted by molar-refractivity contribution is 4.84. The number of hydrogen-bond acceptors (Lipinski definition) is 2. The van der Waals surface area contributed by atoms with E-state index in [0.29, 0.717) is 6.04 Å². The monoisotopic (exact) mass is 254 g/mol. The Hall–Kier alpha value is -0.0800. The second-order valence-corrected chi connectivity index (χ2v) is 6.73. The molecule has 18 heavy (non-hydrogen) atoms. The first-order valence-electron chi connectivity index (χ1n) is 8.01. The molecule has 0 aromatic heterocycles. The van der Waals surface area contributed by atoms with Gasteiger partial charge >= 0.3 is 0 Å². The zero-order valence-corrected chi connectivity index (χ0v) is 13.2. The summed E-state index contributed by atoms with van der Waals surface area (Å²) in [6.45, 7) is 15.2. The average Bonchev–Trinajstić information content (AvgIpc) is 3.08. The van der Waals surface area contributed by atoms with E-state index in [1.165, 1.54) is 32.2 Å². The second kappa shape index (κ2) is 8.16. The molecule has 0 bridgehead atoms. The van der Waals surface area contributed by atoms with Crippen molar-refractivity contribution in [3.05, 3.63) is 0 Å². The lowest BCUT2D eigenvalue weighted by molar-refractivity contribution is 0.134. The molecular weight excluding hydrogens is 220 g/mol. The van der Waals surface area contributed by atoms with Gasteiger partial charge in [-0.25, -0.2) is 0 Å². The normalized spacial score (nSPS) is 18.0. The molecule has 0 aliphatic heterocycles. The van der Waals surface area contributed by atoms with Crippen molar-refractivity contribution in [2.24, 2.45) is 11.8 Å². The van der Waals surface area contributed by atoms with Gasteiger partial charge in [-0.2, -0.15) is 0 Å². The van der Waals surface area contributed by atoms with Crippen LogP contribution in [0.25, 0.3) is 0 Å². The van der Waals surface area contributed by atoms with E-state index in [9.17, 15) is 0 Å². The standard InChI is InChI=1S/C16H34N2/c1-6-7-16(11-17-10-13(2)3)18(14(4)5)12-15-8-9-15/h13-17H,6-12H2,1-5H3. The second-order valence-electron chi connectivity index (χ2n) is 6.73. The Labute approximate surface area is 115 Å². The van der Waals surface area contributed by atoms with Crippen molar-refractivity contribution in [3.8, 4) is 0 Å². The van der Waals surface area contributed by atoms with E-state index in [-0.39, 0.29) is 0 Å². The Bertz CT molecular complexity index is 209. The van der Waals surface area contributed by atoms with Crippen LogP contribution in [0.2, 0.25) is 0 Å². The Morgan fingerprint density at radius 3 is 2.22 bits per heavy atom. The van der Waals surface area contributed by atoms with E-state index in [1.54, 1.807) is 0 Å². The molecule has 1 aliphatic rings. The lowest BCUT2D eigenvalue weighted by atomic mass is 10.1. The minimum Gasteiger partial charge on any atom is -0.315 e. The van der Waals surface area contributed by atoms with Gasteiger partial charge in [0.15, 0.2) is 0 Å². The maximum Gasteiger partial charge on any atom is 0.0223 e. The third-order valence-corrected chi connectivity index (χ3v) is 3.85. The largest absolute Gasteiger partial charge is 0.315 e. The van der Waals surface area contributed by atoms with Gasteiger partial charge in [-0.1, -0.05) is 27.2 Å². The molecule has 1 fully saturated rings. The van der Waals surface area contributed by atoms with E-state index in [2.05, 4.69) is 44.8 Å². The zero-order valence-electron chi connectivity index (χ0n) is 13.2. The summed E-state index contributed by atoms with van der Waals surface area (Å²) in [4.78, 5) is 2.74. The molecule has 1 saturated carbocycles. The predicted octanol–water partition coefficient (Wildman–Crippen LogP) is 3.52. The molecule has 0 saturated heterocycles. The summed E-state index contributed by atoms with van der Waals surface area (Å²) < 4.78 is 0. The third kappa shape index (κ3) is 6.19. The van der Waals surface area contributed by atoms with Crippen LogP contribution >= 0.6 is 0 Å². The Kier molecular flexibility index (Phi) is 7.25. The summed E-state index contributed by atoms with van der Waals surface area (Å²) in [5.74, 6) is 1.75. The van der Waals surface area contributed by atoms with Crippen molar-refractivity contribution in [2.75, 3.05) is 19.6 Å². The summed E-state index contributed by atoms with van der Waals surface area (Å²) in [5.41, 5.74) is 0. The SMILES string of the molecule is CCCC(CNCC(C)C)N(CC1CC1)C(C)C. The number of nitrogens with one attached hydrogen (secondary N) is 1. The zero-order chi connectivity index (χ0) is 13.5. The van der Waals surface area contributed by atoms with Crippen LogP contribution in [0.4, 0.5) is 0 Å². The Morgan fingerprint density at radius 1 is 1.11 bits per heavy atom. The smallest absolute Gasteiger partial charge is 0.0223 e. The van der Waals surface area contributed by atoms with Crippen LogP contribution in [-0.2, 0) is 0 Å². The van der Waals surface area contributed by atoms with Gasteiger partial charge < -0.3 is 5.32 Å². The van der Waals surface area contributed by atoms with Gasteiger partial charge in [-0.15, -0.1) is 0 Å². The first-order chi connectivity index (χ1) is 8.54. The highest BCUT2D eigenvalue weighted by Gasteiger charge is 2.29. The fraction of sp³-hybridized carbons (Fsp3) is 1.00. The quantitative estimate of drug-likeness (QED) is 0.642. The van der Waals surface area contributed by atoms with Crippen molar-refractivity contribution >= 4 is 0 Å². The Balaban J connectivity index is 2.43. The molecule has 2 nitrogen and oxygen atoms in total. The van der Waals surface area contributed by atoms with Crippen molar-refractivity contribution in [1.82, 2.24) is 10.2 Å². The molecule has 0 aromatic rings. The summed E-state index contributed by atoms with van der Waals surface area (Å²) in [7, 11) is 0. The fourth-order valence-electron chi connectivity index (χ4n) is 2.64. The van der Waals surface area contributed by atoms with Crippen LogP contribution in [0.5, 0.6) is 0 Å². The van der Waals surface area contributed by atoms with Crippen LogP contribution in [-0.4, -0.2) is 36.6 Å². The van der Waals surface area contributed by atoms with Crippen LogP contribution in [0.15, 0.2) is 0 Å². The minimum absolute atomic E-state index is 0.683. The van der Waals surface area contributed by atoms with Crippen LogP contribution in [0, 0.1) is 11.8 Å². The molecule has 0 aromatic carbocycles. The molecule has 0 amide bonds. The molecule has 0 radical (unpaired) electrons. The molecule has 0 heterocycles. The molecular formula is C16H34N2. The highest BCUT2D eigenvalue weighted by Crippen LogP contribution is 2.31. The van der Waals surface area contributed by atoms with Crippen LogP contribution < -0.4 is 5.32 Å². The summed E-state index contributed by atoms with van der Waals surface area (Å²) >= 11 is 0. The molecule has 2 heteroatoms. The predicted molar refractivity (Wildman–Crippen MR) is 81.0 cm³/mol. The van der Waals surface area contributed by atoms with Gasteiger partial charge in [0.2, 0.25) is 0 Å². The lowest BCUT2D eigenvalue weighted by Crippen LogP contribution is -2.47. The molecule has 0 spiro atoms. The number of rotatable bonds is 10. The number of hydrogen-bond donors (Lipinski definition) is 1. The molecule has 1 aliphatic carbocycles. The lowest BCUT2D eigenvalue weighted by Gasteiger charge is -2.35. The van der Waals surface area contributed by atoms with Gasteiger partial charge in [-0.3, -0.25) is 4.90 Å². The summed E-state index contributed by atoms with van der Waals surface area (Å²) in [5, 5.41) is 3.66. The molecule has 1 atom stereocenters. The van der Waals surface area contributed by atoms with Gasteiger partial charge in [-0.05, 0) is 51.5 Å². The number of nitrogens with zero attached hydrogens (tertiary/aromatic N) is 1. The highest BCUT2D eigenvalue weighted by atomic mass is 15.2. The van der Waals surface area contributed by atoms with Crippen molar-refractivity contribution < 1.29 is 0 Å². The molecule has 1 unspecified atom stereocenters. The molecule has 1 N–H and O–H groups in total. The van der Waals surface area contributed by atoms with E-state index >= 15 is 0 Å². The van der Waals surface area contributed by atoms with E-state index in [0.717, 1.165) is 31.0 Å². The van der Waals surface area contributed by atoms with Gasteiger partial charge in [0, 0.05) is 25.2 Å². The third-order valence-electron chi connectivity index (χ3n) is 3.85. The molecule has 108 valence electrons. The van der Waals surface area contributed by atoms with Crippen LogP contribution in [0.1, 0.15) is 60.3 Å². The summed E-state index contributed by atoms with van der Waals surface area (Å²) in [6.07, 6.45) is 5.54. The topological polar surface area (TPSA) is 15.3 Å². The maximum absolute atomic E-state index is 3.66. The van der Waals surface area contributed by atoms with Crippen molar-refractivity contribution in [3.63, 3.8) is 0 Å². The van der Waals surface area contributed by atoms with E-state index in [1.807, 2.05) is 0 Å². The Morgan fingerprint density at radius 2 is 1.78 bits per heavy atom. The van der Waals surface area contributed by atoms with E-state index in [4.69, 9.17) is 0 Å². The first kappa shape index (κ1) is 16.0. The van der Waals surface area contributed by atoms with Gasteiger partial charge in [0.1, 0.15) is 0 Å². The average molecular weight is 254 g/mol. The van der Waals surface area contributed by atoms with Crippen molar-refractivity contribution in [2.45, 2.75) is 72.4 Å². The summed E-state index contributed by atoms with van der Waals surface area (Å²) in [6, 6.07) is 1.41. The van der Waals surface area contributed by atoms with Gasteiger partial charge in [0.25, 0.3) is 0 Å². The van der Waals surface area contributed by atoms with E-state index < -0.39 is 0 Å².